The molecule has 0 aliphatic rings. The normalized spacial score (nSPS) is 11.7. The van der Waals surface area contributed by atoms with Crippen LogP contribution in [-0.2, 0) is 0 Å². The maximum Gasteiger partial charge on any atom is 0.195 e. The molecule has 0 saturated heterocycles. The second-order valence-electron chi connectivity index (χ2n) is 2.90. The van der Waals surface area contributed by atoms with Crippen molar-refractivity contribution in [2.45, 2.75) is 16.4 Å². The monoisotopic (exact) mass is 268 g/mol. The van der Waals surface area contributed by atoms with E-state index >= 15 is 0 Å². The molecule has 2 heterocycles. The van der Waals surface area contributed by atoms with Crippen LogP contribution in [0.15, 0.2) is 26.9 Å². The van der Waals surface area contributed by atoms with Crippen LogP contribution in [0.2, 0.25) is 0 Å². The summed E-state index contributed by atoms with van der Waals surface area (Å²) < 4.78 is 0.749. The topological polar surface area (TPSA) is 110 Å². The second-order valence-corrected chi connectivity index (χ2v) is 5.29. The third kappa shape index (κ3) is 2.88. The second kappa shape index (κ2) is 5.06. The van der Waals surface area contributed by atoms with Crippen molar-refractivity contribution in [3.8, 4) is 0 Å². The minimum atomic E-state index is -0.0531. The zero-order valence-electron chi connectivity index (χ0n) is 8.73. The summed E-state index contributed by atoms with van der Waals surface area (Å²) in [5.41, 5.74) is 5.80. The van der Waals surface area contributed by atoms with Gasteiger partial charge in [-0.15, -0.1) is 10.2 Å². The van der Waals surface area contributed by atoms with Gasteiger partial charge in [0, 0.05) is 6.20 Å². The molecular formula is C8H8N6OS2. The number of rotatable bonds is 3. The Labute approximate surface area is 105 Å². The number of nitrogens with zero attached hydrogens (tertiary/aromatic N) is 5. The number of oxime groups is 1. The lowest BCUT2D eigenvalue weighted by Gasteiger charge is -1.99. The Morgan fingerprint density at radius 3 is 3.00 bits per heavy atom. The predicted octanol–water partition coefficient (Wildman–Crippen LogP) is 0.882. The molecule has 0 saturated carbocycles. The Bertz CT molecular complexity index is 554. The van der Waals surface area contributed by atoms with Gasteiger partial charge in [-0.2, -0.15) is 0 Å². The van der Waals surface area contributed by atoms with Crippen LogP contribution in [-0.4, -0.2) is 31.2 Å². The number of hydrogen-bond donors (Lipinski definition) is 2. The predicted molar refractivity (Wildman–Crippen MR) is 63.3 cm³/mol. The van der Waals surface area contributed by atoms with Crippen molar-refractivity contribution in [3.63, 3.8) is 0 Å². The van der Waals surface area contributed by atoms with E-state index in [0.717, 1.165) is 9.35 Å². The highest BCUT2D eigenvalue weighted by molar-refractivity contribution is 8.00. The van der Waals surface area contributed by atoms with Gasteiger partial charge in [-0.05, 0) is 24.8 Å². The third-order valence-corrected chi connectivity index (χ3v) is 3.46. The van der Waals surface area contributed by atoms with E-state index in [9.17, 15) is 0 Å². The van der Waals surface area contributed by atoms with Crippen molar-refractivity contribution in [1.82, 2.24) is 20.2 Å². The van der Waals surface area contributed by atoms with Gasteiger partial charge >= 0.3 is 0 Å². The van der Waals surface area contributed by atoms with Crippen molar-refractivity contribution in [2.24, 2.45) is 10.9 Å². The molecule has 0 aliphatic heterocycles. The van der Waals surface area contributed by atoms with Gasteiger partial charge < -0.3 is 10.9 Å². The smallest absolute Gasteiger partial charge is 0.195 e. The van der Waals surface area contributed by atoms with Gasteiger partial charge in [0.1, 0.15) is 10.7 Å². The standard InChI is InChI=1S/C8H8N6OS2/c1-4-12-13-8(16-4)17-7-10-3-2-5(11-7)6(9)14-15/h2-3,15H,1H3,(H2,9,14). The fraction of sp³-hybridized carbons (Fsp3) is 0.125. The molecule has 0 bridgehead atoms. The molecular weight excluding hydrogens is 260 g/mol. The number of hydrogen-bond acceptors (Lipinski definition) is 8. The molecule has 0 unspecified atom stereocenters. The molecule has 0 fully saturated rings. The van der Waals surface area contributed by atoms with E-state index in [0.29, 0.717) is 10.9 Å². The number of aryl methyl sites for hydroxylation is 1. The maximum absolute atomic E-state index is 8.55. The van der Waals surface area contributed by atoms with E-state index in [1.54, 1.807) is 6.07 Å². The first kappa shape index (κ1) is 11.7. The minimum Gasteiger partial charge on any atom is -0.409 e. The zero-order valence-corrected chi connectivity index (χ0v) is 10.4. The summed E-state index contributed by atoms with van der Waals surface area (Å²) in [6, 6.07) is 1.56. The third-order valence-electron chi connectivity index (χ3n) is 1.69. The van der Waals surface area contributed by atoms with Gasteiger partial charge in [0.15, 0.2) is 15.3 Å². The lowest BCUT2D eigenvalue weighted by Crippen LogP contribution is -2.15. The molecule has 2 aromatic rings. The fourth-order valence-electron chi connectivity index (χ4n) is 0.982. The Hall–Kier alpha value is -1.74. The van der Waals surface area contributed by atoms with Crippen LogP contribution in [0.1, 0.15) is 10.7 Å². The Kier molecular flexibility index (Phi) is 3.49. The van der Waals surface area contributed by atoms with Gasteiger partial charge in [0.25, 0.3) is 0 Å². The number of amidine groups is 1. The van der Waals surface area contributed by atoms with Crippen LogP contribution in [0.5, 0.6) is 0 Å². The van der Waals surface area contributed by atoms with Gasteiger partial charge in [-0.1, -0.05) is 16.5 Å². The van der Waals surface area contributed by atoms with Crippen LogP contribution < -0.4 is 5.73 Å². The molecule has 0 aliphatic carbocycles. The summed E-state index contributed by atoms with van der Waals surface area (Å²) in [7, 11) is 0. The largest absolute Gasteiger partial charge is 0.409 e. The summed E-state index contributed by atoms with van der Waals surface area (Å²) in [6.45, 7) is 1.87. The van der Waals surface area contributed by atoms with Gasteiger partial charge in [0.05, 0.1) is 0 Å². The molecule has 88 valence electrons. The molecule has 3 N–H and O–H groups in total. The highest BCUT2D eigenvalue weighted by atomic mass is 32.2. The first-order valence-electron chi connectivity index (χ1n) is 4.48. The van der Waals surface area contributed by atoms with Crippen LogP contribution in [0.25, 0.3) is 0 Å². The lowest BCUT2D eigenvalue weighted by atomic mass is 10.4. The van der Waals surface area contributed by atoms with Gasteiger partial charge in [0.2, 0.25) is 0 Å². The lowest BCUT2D eigenvalue weighted by molar-refractivity contribution is 0.318. The van der Waals surface area contributed by atoms with Gasteiger partial charge in [-0.3, -0.25) is 0 Å². The molecule has 0 radical (unpaired) electrons. The van der Waals surface area contributed by atoms with Crippen molar-refractivity contribution in [3.05, 3.63) is 23.0 Å². The van der Waals surface area contributed by atoms with Crippen LogP contribution in [0.3, 0.4) is 0 Å². The quantitative estimate of drug-likeness (QED) is 0.279. The van der Waals surface area contributed by atoms with Crippen molar-refractivity contribution in [2.75, 3.05) is 0 Å². The fourth-order valence-corrected chi connectivity index (χ4v) is 2.65. The molecule has 2 aromatic heterocycles. The summed E-state index contributed by atoms with van der Waals surface area (Å²) >= 11 is 2.73. The first-order valence-corrected chi connectivity index (χ1v) is 6.11. The molecule has 0 aromatic carbocycles. The van der Waals surface area contributed by atoms with E-state index in [-0.39, 0.29) is 5.84 Å². The molecule has 0 atom stereocenters. The van der Waals surface area contributed by atoms with E-state index < -0.39 is 0 Å². The summed E-state index contributed by atoms with van der Waals surface area (Å²) in [5.74, 6) is -0.0531. The number of nitrogens with two attached hydrogens (primary N) is 1. The average Bonchev–Trinajstić information content (AvgIpc) is 2.74. The van der Waals surface area contributed by atoms with Crippen LogP contribution in [0.4, 0.5) is 0 Å². The zero-order chi connectivity index (χ0) is 12.3. The van der Waals surface area contributed by atoms with Crippen molar-refractivity contribution in [1.29, 1.82) is 0 Å². The van der Waals surface area contributed by atoms with E-state index in [1.165, 1.54) is 29.3 Å². The van der Waals surface area contributed by atoms with Gasteiger partial charge in [-0.25, -0.2) is 9.97 Å². The average molecular weight is 268 g/mol. The Balaban J connectivity index is 2.22. The van der Waals surface area contributed by atoms with E-state index in [4.69, 9.17) is 10.9 Å². The van der Waals surface area contributed by atoms with Crippen molar-refractivity contribution < 1.29 is 5.21 Å². The Morgan fingerprint density at radius 1 is 1.53 bits per heavy atom. The van der Waals surface area contributed by atoms with E-state index in [2.05, 4.69) is 25.3 Å². The molecule has 7 nitrogen and oxygen atoms in total. The van der Waals surface area contributed by atoms with Crippen LogP contribution in [0, 0.1) is 6.92 Å². The SMILES string of the molecule is Cc1nnc(Sc2nccc(/C(N)=N/O)n2)s1. The highest BCUT2D eigenvalue weighted by Crippen LogP contribution is 2.26. The van der Waals surface area contributed by atoms with E-state index in [1.807, 2.05) is 6.92 Å². The minimum absolute atomic E-state index is 0.0531. The first-order chi connectivity index (χ1) is 8.19. The molecule has 9 heteroatoms. The summed E-state index contributed by atoms with van der Waals surface area (Å²) in [6.07, 6.45) is 1.54. The number of aromatic nitrogens is 4. The molecule has 0 spiro atoms. The summed E-state index contributed by atoms with van der Waals surface area (Å²) in [5, 5.41) is 20.6. The van der Waals surface area contributed by atoms with Crippen LogP contribution >= 0.6 is 23.1 Å². The van der Waals surface area contributed by atoms with Crippen molar-refractivity contribution >= 4 is 28.9 Å². The molecule has 17 heavy (non-hydrogen) atoms. The molecule has 2 rings (SSSR count). The maximum atomic E-state index is 8.55. The molecule has 0 amide bonds. The Morgan fingerprint density at radius 2 is 2.35 bits per heavy atom. The highest BCUT2D eigenvalue weighted by Gasteiger charge is 2.08. The summed E-state index contributed by atoms with van der Waals surface area (Å²) in [4.78, 5) is 8.18.